The van der Waals surface area contributed by atoms with E-state index >= 15 is 0 Å². The maximum Gasteiger partial charge on any atom is 0.306 e. The number of carbonyl (C=O) groups is 3. The molecule has 0 N–H and O–H groups in total. The Morgan fingerprint density at radius 2 is 0.961 bits per heavy atom. The van der Waals surface area contributed by atoms with Crippen LogP contribution in [0, 0.1) is 0 Å². The lowest BCUT2D eigenvalue weighted by molar-refractivity contribution is -0.167. The Hall–Kier alpha value is -2.15. The van der Waals surface area contributed by atoms with Crippen LogP contribution in [0.3, 0.4) is 0 Å². The summed E-state index contributed by atoms with van der Waals surface area (Å²) in [5, 5.41) is 0. The van der Waals surface area contributed by atoms with E-state index in [0.29, 0.717) is 19.3 Å². The topological polar surface area (TPSA) is 82.1 Å². The SMILES string of the molecule is CCCCC/C=C\C/C=C(/C)CCCCCCCC(=O)OCC(COC(=O)CCCCCCCCCCCCCCC)OC(=O)CCCN(C)C. The third-order valence-electron chi connectivity index (χ3n) is 9.32. The van der Waals surface area contributed by atoms with Crippen LogP contribution in [-0.4, -0.2) is 62.8 Å². The van der Waals surface area contributed by atoms with Crippen molar-refractivity contribution in [2.45, 2.75) is 207 Å². The van der Waals surface area contributed by atoms with E-state index in [1.807, 2.05) is 19.0 Å². The van der Waals surface area contributed by atoms with E-state index in [1.165, 1.54) is 102 Å². The molecule has 0 aliphatic carbocycles. The monoisotopic (exact) mass is 720 g/mol. The normalized spacial score (nSPS) is 12.5. The maximum atomic E-state index is 12.5. The molecule has 0 saturated carbocycles. The van der Waals surface area contributed by atoms with E-state index in [1.54, 1.807) is 0 Å². The molecule has 0 aliphatic heterocycles. The maximum absolute atomic E-state index is 12.5. The van der Waals surface area contributed by atoms with Crippen LogP contribution in [0.5, 0.6) is 0 Å². The summed E-state index contributed by atoms with van der Waals surface area (Å²) in [7, 11) is 3.92. The zero-order chi connectivity index (χ0) is 37.6. The number of hydrogen-bond donors (Lipinski definition) is 0. The molecule has 0 aromatic heterocycles. The standard InChI is InChI=1S/C44H81NO6/c1-6-8-10-12-14-15-16-17-18-19-21-25-29-34-42(46)49-38-41(51-44(48)36-31-37-45(4)5)39-50-43(47)35-30-26-22-24-28-33-40(3)32-27-23-20-13-11-9-7-2/h20,23,32,41H,6-19,21-22,24-31,33-39H2,1-5H3/b23-20-,40-32-. The number of allylic oxidation sites excluding steroid dienone is 4. The quantitative estimate of drug-likeness (QED) is 0.0273. The van der Waals surface area contributed by atoms with Gasteiger partial charge in [0.05, 0.1) is 0 Å². The van der Waals surface area contributed by atoms with Crippen LogP contribution >= 0.6 is 0 Å². The summed E-state index contributed by atoms with van der Waals surface area (Å²) in [6.07, 6.45) is 36.4. The predicted octanol–water partition coefficient (Wildman–Crippen LogP) is 12.0. The van der Waals surface area contributed by atoms with Crippen molar-refractivity contribution in [1.82, 2.24) is 4.90 Å². The van der Waals surface area contributed by atoms with Crippen molar-refractivity contribution in [3.8, 4) is 0 Å². The van der Waals surface area contributed by atoms with Gasteiger partial charge in [0.25, 0.3) is 0 Å². The Balaban J connectivity index is 4.23. The molecule has 0 radical (unpaired) electrons. The number of hydrogen-bond acceptors (Lipinski definition) is 7. The number of rotatable bonds is 37. The van der Waals surface area contributed by atoms with Gasteiger partial charge in [-0.25, -0.2) is 0 Å². The minimum Gasteiger partial charge on any atom is -0.462 e. The van der Waals surface area contributed by atoms with Crippen LogP contribution in [0.1, 0.15) is 201 Å². The summed E-state index contributed by atoms with van der Waals surface area (Å²) >= 11 is 0. The molecule has 7 heteroatoms. The number of esters is 3. The largest absolute Gasteiger partial charge is 0.462 e. The van der Waals surface area contributed by atoms with E-state index in [-0.39, 0.29) is 37.5 Å². The summed E-state index contributed by atoms with van der Waals surface area (Å²) in [6.45, 7) is 7.31. The van der Waals surface area contributed by atoms with Gasteiger partial charge in [-0.2, -0.15) is 0 Å². The van der Waals surface area contributed by atoms with E-state index in [4.69, 9.17) is 14.2 Å². The minimum absolute atomic E-state index is 0.0902. The molecule has 0 fully saturated rings. The average molecular weight is 720 g/mol. The smallest absolute Gasteiger partial charge is 0.306 e. The van der Waals surface area contributed by atoms with Crippen LogP contribution in [0.15, 0.2) is 23.8 Å². The number of nitrogens with zero attached hydrogens (tertiary/aromatic N) is 1. The van der Waals surface area contributed by atoms with Gasteiger partial charge in [0.2, 0.25) is 0 Å². The molecule has 1 atom stereocenters. The summed E-state index contributed by atoms with van der Waals surface area (Å²) in [5.41, 5.74) is 1.45. The molecule has 0 heterocycles. The minimum atomic E-state index is -0.788. The fourth-order valence-corrected chi connectivity index (χ4v) is 6.00. The van der Waals surface area contributed by atoms with Crippen molar-refractivity contribution in [3.63, 3.8) is 0 Å². The first-order valence-electron chi connectivity index (χ1n) is 21.2. The lowest BCUT2D eigenvalue weighted by Crippen LogP contribution is -2.31. The molecule has 0 saturated heterocycles. The molecule has 1 unspecified atom stereocenters. The van der Waals surface area contributed by atoms with Gasteiger partial charge in [0.15, 0.2) is 6.10 Å². The fourth-order valence-electron chi connectivity index (χ4n) is 6.00. The summed E-state index contributed by atoms with van der Waals surface area (Å²) in [5.74, 6) is -0.962. The van der Waals surface area contributed by atoms with E-state index in [0.717, 1.165) is 64.3 Å². The molecule has 51 heavy (non-hydrogen) atoms. The number of ether oxygens (including phenoxy) is 3. The zero-order valence-electron chi connectivity index (χ0n) is 34.1. The first kappa shape index (κ1) is 48.9. The van der Waals surface area contributed by atoms with E-state index in [2.05, 4.69) is 39.0 Å². The second-order valence-electron chi connectivity index (χ2n) is 14.9. The van der Waals surface area contributed by atoms with Crippen molar-refractivity contribution < 1.29 is 28.6 Å². The van der Waals surface area contributed by atoms with Gasteiger partial charge in [-0.1, -0.05) is 147 Å². The predicted molar refractivity (Wildman–Crippen MR) is 214 cm³/mol. The molecule has 298 valence electrons. The second kappa shape index (κ2) is 37.6. The average Bonchev–Trinajstić information content (AvgIpc) is 3.10. The van der Waals surface area contributed by atoms with Gasteiger partial charge in [0.1, 0.15) is 13.2 Å². The number of unbranched alkanes of at least 4 members (excludes halogenated alkanes) is 19. The Labute approximate surface area is 315 Å². The van der Waals surface area contributed by atoms with Crippen molar-refractivity contribution in [2.24, 2.45) is 0 Å². The highest BCUT2D eigenvalue weighted by Crippen LogP contribution is 2.15. The second-order valence-corrected chi connectivity index (χ2v) is 14.9. The molecule has 0 aliphatic rings. The molecule has 0 aromatic rings. The van der Waals surface area contributed by atoms with Crippen molar-refractivity contribution in [3.05, 3.63) is 23.8 Å². The highest BCUT2D eigenvalue weighted by Gasteiger charge is 2.19. The van der Waals surface area contributed by atoms with Crippen LogP contribution < -0.4 is 0 Å². The van der Waals surface area contributed by atoms with Gasteiger partial charge in [0, 0.05) is 19.3 Å². The van der Waals surface area contributed by atoms with Crippen LogP contribution in [0.4, 0.5) is 0 Å². The molecule has 0 bridgehead atoms. The van der Waals surface area contributed by atoms with Crippen molar-refractivity contribution >= 4 is 17.9 Å². The first-order valence-corrected chi connectivity index (χ1v) is 21.2. The van der Waals surface area contributed by atoms with Crippen molar-refractivity contribution in [1.29, 1.82) is 0 Å². The molecular formula is C44H81NO6. The summed E-state index contributed by atoms with van der Waals surface area (Å²) in [6, 6.07) is 0. The van der Waals surface area contributed by atoms with Gasteiger partial charge in [-0.05, 0) is 78.9 Å². The lowest BCUT2D eigenvalue weighted by Gasteiger charge is -2.18. The highest BCUT2D eigenvalue weighted by atomic mass is 16.6. The molecule has 0 rings (SSSR count). The fraction of sp³-hybridized carbons (Fsp3) is 0.841. The molecule has 0 amide bonds. The molecule has 0 aromatic carbocycles. The van der Waals surface area contributed by atoms with E-state index < -0.39 is 6.10 Å². The zero-order valence-corrected chi connectivity index (χ0v) is 34.1. The van der Waals surface area contributed by atoms with Gasteiger partial charge < -0.3 is 19.1 Å². The summed E-state index contributed by atoms with van der Waals surface area (Å²) < 4.78 is 16.5. The van der Waals surface area contributed by atoms with Gasteiger partial charge in [-0.15, -0.1) is 0 Å². The van der Waals surface area contributed by atoms with Crippen LogP contribution in [0.25, 0.3) is 0 Å². The Bertz CT molecular complexity index is 883. The Morgan fingerprint density at radius 3 is 1.45 bits per heavy atom. The molecular weight excluding hydrogens is 638 g/mol. The van der Waals surface area contributed by atoms with E-state index in [9.17, 15) is 14.4 Å². The van der Waals surface area contributed by atoms with Crippen LogP contribution in [0.2, 0.25) is 0 Å². The van der Waals surface area contributed by atoms with Gasteiger partial charge >= 0.3 is 17.9 Å². The summed E-state index contributed by atoms with van der Waals surface area (Å²) in [4.78, 5) is 39.3. The highest BCUT2D eigenvalue weighted by molar-refractivity contribution is 5.71. The Morgan fingerprint density at radius 1 is 0.529 bits per heavy atom. The Kier molecular flexibility index (Phi) is 36.0. The first-order chi connectivity index (χ1) is 24.8. The van der Waals surface area contributed by atoms with Crippen LogP contribution in [-0.2, 0) is 28.6 Å². The van der Waals surface area contributed by atoms with Gasteiger partial charge in [-0.3, -0.25) is 14.4 Å². The molecule has 0 spiro atoms. The van der Waals surface area contributed by atoms with Crippen molar-refractivity contribution in [2.75, 3.05) is 33.9 Å². The third-order valence-corrected chi connectivity index (χ3v) is 9.32. The number of carbonyl (C=O) groups excluding carboxylic acids is 3. The molecule has 7 nitrogen and oxygen atoms in total. The lowest BCUT2D eigenvalue weighted by atomic mass is 10.0. The third kappa shape index (κ3) is 37.4.